The van der Waals surface area contributed by atoms with Gasteiger partial charge in [0.1, 0.15) is 5.75 Å². The number of phenols is 1. The molecule has 0 spiro atoms. The van der Waals surface area contributed by atoms with Crippen molar-refractivity contribution in [3.05, 3.63) is 60.2 Å². The van der Waals surface area contributed by atoms with Crippen molar-refractivity contribution >= 4 is 17.5 Å². The van der Waals surface area contributed by atoms with Crippen molar-refractivity contribution in [3.63, 3.8) is 0 Å². The molecule has 6 heteroatoms. The summed E-state index contributed by atoms with van der Waals surface area (Å²) in [6.07, 6.45) is 0.426. The lowest BCUT2D eigenvalue weighted by atomic mass is 10.1. The average molecular weight is 314 g/mol. The maximum Gasteiger partial charge on any atom is 0.313 e. The molecule has 0 radical (unpaired) electrons. The van der Waals surface area contributed by atoms with Gasteiger partial charge >= 0.3 is 11.8 Å². The van der Waals surface area contributed by atoms with Crippen molar-refractivity contribution in [3.8, 4) is 5.75 Å². The number of hydrogen-bond donors (Lipinski definition) is 4. The molecule has 2 aromatic rings. The van der Waals surface area contributed by atoms with Gasteiger partial charge in [0, 0.05) is 5.69 Å². The van der Waals surface area contributed by atoms with Crippen LogP contribution >= 0.6 is 0 Å². The number of carbonyl (C=O) groups is 2. The molecule has 1 unspecified atom stereocenters. The van der Waals surface area contributed by atoms with Crippen LogP contribution in [0.1, 0.15) is 5.56 Å². The number of rotatable bonds is 5. The zero-order chi connectivity index (χ0) is 16.7. The van der Waals surface area contributed by atoms with Crippen molar-refractivity contribution < 1.29 is 19.8 Å². The third-order valence-electron chi connectivity index (χ3n) is 3.21. The number of benzene rings is 2. The first-order chi connectivity index (χ1) is 11.1. The SMILES string of the molecule is O=C(Nc1ccc(O)cc1)C(=O)NC(CO)Cc1ccccc1. The number of carbonyl (C=O) groups excluding carboxylic acids is 2. The highest BCUT2D eigenvalue weighted by Gasteiger charge is 2.18. The van der Waals surface area contributed by atoms with Crippen LogP contribution in [0.4, 0.5) is 5.69 Å². The van der Waals surface area contributed by atoms with E-state index in [1.54, 1.807) is 0 Å². The number of phenolic OH excluding ortho intramolecular Hbond substituents is 1. The Hall–Kier alpha value is -2.86. The van der Waals surface area contributed by atoms with Crippen molar-refractivity contribution in [2.24, 2.45) is 0 Å². The smallest absolute Gasteiger partial charge is 0.313 e. The summed E-state index contributed by atoms with van der Waals surface area (Å²) in [6, 6.07) is 14.6. The van der Waals surface area contributed by atoms with E-state index in [-0.39, 0.29) is 12.4 Å². The lowest BCUT2D eigenvalue weighted by molar-refractivity contribution is -0.136. The molecule has 0 saturated heterocycles. The Balaban J connectivity index is 1.90. The summed E-state index contributed by atoms with van der Waals surface area (Å²) in [4.78, 5) is 23.7. The van der Waals surface area contributed by atoms with Gasteiger partial charge in [0.2, 0.25) is 0 Å². The Kier molecular flexibility index (Phi) is 5.71. The molecule has 0 heterocycles. The van der Waals surface area contributed by atoms with Crippen LogP contribution < -0.4 is 10.6 Å². The summed E-state index contributed by atoms with van der Waals surface area (Å²) in [5.41, 5.74) is 1.34. The van der Waals surface area contributed by atoms with Gasteiger partial charge in [-0.1, -0.05) is 30.3 Å². The molecule has 6 nitrogen and oxygen atoms in total. The van der Waals surface area contributed by atoms with Crippen LogP contribution in [-0.2, 0) is 16.0 Å². The number of aromatic hydroxyl groups is 1. The molecule has 0 aliphatic heterocycles. The number of anilines is 1. The van der Waals surface area contributed by atoms with Crippen molar-refractivity contribution in [1.29, 1.82) is 0 Å². The predicted octanol–water partition coefficient (Wildman–Crippen LogP) is 1.05. The Morgan fingerprint density at radius 2 is 1.61 bits per heavy atom. The van der Waals surface area contributed by atoms with Gasteiger partial charge in [-0.25, -0.2) is 0 Å². The Morgan fingerprint density at radius 3 is 2.22 bits per heavy atom. The standard InChI is InChI=1S/C17H18N2O4/c20-11-14(10-12-4-2-1-3-5-12)19-17(23)16(22)18-13-6-8-15(21)9-7-13/h1-9,14,20-21H,10-11H2,(H,18,22)(H,19,23). The molecular weight excluding hydrogens is 296 g/mol. The van der Waals surface area contributed by atoms with Crippen LogP contribution in [0.15, 0.2) is 54.6 Å². The van der Waals surface area contributed by atoms with E-state index >= 15 is 0 Å². The fraction of sp³-hybridized carbons (Fsp3) is 0.176. The second kappa shape index (κ2) is 7.95. The molecule has 0 bridgehead atoms. The topological polar surface area (TPSA) is 98.7 Å². The van der Waals surface area contributed by atoms with Gasteiger partial charge in [-0.2, -0.15) is 0 Å². The van der Waals surface area contributed by atoms with Crippen LogP contribution in [0.5, 0.6) is 5.75 Å². The number of aliphatic hydroxyl groups excluding tert-OH is 1. The van der Waals surface area contributed by atoms with Crippen molar-refractivity contribution in [2.45, 2.75) is 12.5 Å². The van der Waals surface area contributed by atoms with Crippen molar-refractivity contribution in [1.82, 2.24) is 5.32 Å². The number of aliphatic hydroxyl groups is 1. The molecule has 0 saturated carbocycles. The minimum absolute atomic E-state index is 0.0654. The molecule has 2 aromatic carbocycles. The lowest BCUT2D eigenvalue weighted by Crippen LogP contribution is -2.44. The average Bonchev–Trinajstić information content (AvgIpc) is 2.57. The summed E-state index contributed by atoms with van der Waals surface area (Å²) in [5, 5.41) is 23.5. The fourth-order valence-corrected chi connectivity index (χ4v) is 2.04. The maximum absolute atomic E-state index is 11.9. The van der Waals surface area contributed by atoms with Gasteiger partial charge in [0.15, 0.2) is 0 Å². The largest absolute Gasteiger partial charge is 0.508 e. The molecule has 0 aliphatic rings. The first-order valence-corrected chi connectivity index (χ1v) is 7.14. The molecule has 0 fully saturated rings. The van der Waals surface area contributed by atoms with Crippen LogP contribution in [-0.4, -0.2) is 34.7 Å². The molecule has 4 N–H and O–H groups in total. The van der Waals surface area contributed by atoms with Crippen LogP contribution in [0.3, 0.4) is 0 Å². The summed E-state index contributed by atoms with van der Waals surface area (Å²) in [5.74, 6) is -1.59. The summed E-state index contributed by atoms with van der Waals surface area (Å²) in [7, 11) is 0. The predicted molar refractivity (Wildman–Crippen MR) is 85.9 cm³/mol. The normalized spacial score (nSPS) is 11.5. The molecule has 2 rings (SSSR count). The minimum atomic E-state index is -0.831. The highest BCUT2D eigenvalue weighted by Crippen LogP contribution is 2.13. The van der Waals surface area contributed by atoms with Crippen LogP contribution in [0, 0.1) is 0 Å². The van der Waals surface area contributed by atoms with E-state index in [1.807, 2.05) is 30.3 Å². The van der Waals surface area contributed by atoms with Gasteiger partial charge in [0.05, 0.1) is 12.6 Å². The fourth-order valence-electron chi connectivity index (χ4n) is 2.04. The second-order valence-corrected chi connectivity index (χ2v) is 5.04. The molecule has 2 amide bonds. The molecule has 23 heavy (non-hydrogen) atoms. The van der Waals surface area contributed by atoms with Gasteiger partial charge in [-0.05, 0) is 36.2 Å². The lowest BCUT2D eigenvalue weighted by Gasteiger charge is -2.16. The highest BCUT2D eigenvalue weighted by molar-refractivity contribution is 6.39. The summed E-state index contributed by atoms with van der Waals surface area (Å²) < 4.78 is 0. The number of nitrogens with one attached hydrogen (secondary N) is 2. The summed E-state index contributed by atoms with van der Waals surface area (Å²) in [6.45, 7) is -0.271. The Bertz CT molecular complexity index is 656. The first kappa shape index (κ1) is 16.5. The van der Waals surface area contributed by atoms with E-state index in [4.69, 9.17) is 0 Å². The number of amides is 2. The highest BCUT2D eigenvalue weighted by atomic mass is 16.3. The first-order valence-electron chi connectivity index (χ1n) is 7.14. The van der Waals surface area contributed by atoms with E-state index in [2.05, 4.69) is 10.6 Å². The van der Waals surface area contributed by atoms with E-state index < -0.39 is 17.9 Å². The maximum atomic E-state index is 11.9. The van der Waals surface area contributed by atoms with Gasteiger partial charge in [-0.3, -0.25) is 9.59 Å². The van der Waals surface area contributed by atoms with Gasteiger partial charge < -0.3 is 20.8 Å². The monoisotopic (exact) mass is 314 g/mol. The Labute approximate surface area is 133 Å². The van der Waals surface area contributed by atoms with Crippen LogP contribution in [0.25, 0.3) is 0 Å². The summed E-state index contributed by atoms with van der Waals surface area (Å²) >= 11 is 0. The van der Waals surface area contributed by atoms with E-state index in [1.165, 1.54) is 24.3 Å². The minimum Gasteiger partial charge on any atom is -0.508 e. The zero-order valence-electron chi connectivity index (χ0n) is 12.4. The molecule has 1 atom stereocenters. The second-order valence-electron chi connectivity index (χ2n) is 5.04. The van der Waals surface area contributed by atoms with Gasteiger partial charge in [-0.15, -0.1) is 0 Å². The van der Waals surface area contributed by atoms with Crippen LogP contribution in [0.2, 0.25) is 0 Å². The van der Waals surface area contributed by atoms with E-state index in [0.717, 1.165) is 5.56 Å². The van der Waals surface area contributed by atoms with Gasteiger partial charge in [0.25, 0.3) is 0 Å². The van der Waals surface area contributed by atoms with Crippen molar-refractivity contribution in [2.75, 3.05) is 11.9 Å². The Morgan fingerprint density at radius 1 is 0.957 bits per heavy atom. The molecule has 0 aliphatic carbocycles. The molecule has 0 aromatic heterocycles. The molecular formula is C17H18N2O4. The molecule has 120 valence electrons. The van der Waals surface area contributed by atoms with E-state index in [0.29, 0.717) is 12.1 Å². The van der Waals surface area contributed by atoms with E-state index in [9.17, 15) is 19.8 Å². The third kappa shape index (κ3) is 5.12. The zero-order valence-corrected chi connectivity index (χ0v) is 12.4. The number of hydrogen-bond acceptors (Lipinski definition) is 4. The third-order valence-corrected chi connectivity index (χ3v) is 3.21. The quantitative estimate of drug-likeness (QED) is 0.490.